The Balaban J connectivity index is 1.68. The molecule has 0 spiro atoms. The average molecular weight is 394 g/mol. The minimum absolute atomic E-state index is 0.194. The van der Waals surface area contributed by atoms with Gasteiger partial charge in [-0.25, -0.2) is 4.39 Å². The van der Waals surface area contributed by atoms with Gasteiger partial charge in [0.2, 0.25) is 5.91 Å². The number of anilines is 1. The highest BCUT2D eigenvalue weighted by Crippen LogP contribution is 2.10. The molecule has 0 aliphatic heterocycles. The van der Waals surface area contributed by atoms with Crippen LogP contribution in [0.1, 0.15) is 29.0 Å². The molecule has 2 N–H and O–H groups in total. The lowest BCUT2D eigenvalue weighted by molar-refractivity contribution is -0.122. The Morgan fingerprint density at radius 3 is 2.55 bits per heavy atom. The standard InChI is InChI=1S/C21H19FN4O3/c1-14(18-4-2-3-11-23-18)24-19(27)13-26-12-15(5-10-20(26)28)21(29)25-17-8-6-16(22)7-9-17/h2-12,14H,13H2,1H3,(H,24,27)(H,25,29). The highest BCUT2D eigenvalue weighted by atomic mass is 19.1. The summed E-state index contributed by atoms with van der Waals surface area (Å²) >= 11 is 0. The van der Waals surface area contributed by atoms with Crippen LogP contribution in [0.25, 0.3) is 0 Å². The number of halogens is 1. The molecule has 7 nitrogen and oxygen atoms in total. The molecule has 1 atom stereocenters. The molecule has 29 heavy (non-hydrogen) atoms. The first kappa shape index (κ1) is 19.9. The summed E-state index contributed by atoms with van der Waals surface area (Å²) in [5.41, 5.74) is 0.889. The summed E-state index contributed by atoms with van der Waals surface area (Å²) in [6.45, 7) is 1.54. The van der Waals surface area contributed by atoms with Crippen molar-refractivity contribution >= 4 is 17.5 Å². The van der Waals surface area contributed by atoms with Crippen LogP contribution in [0, 0.1) is 5.82 Å². The third-order valence-corrected chi connectivity index (χ3v) is 4.17. The number of amides is 2. The van der Waals surface area contributed by atoms with Gasteiger partial charge in [-0.15, -0.1) is 0 Å². The zero-order valence-corrected chi connectivity index (χ0v) is 15.6. The van der Waals surface area contributed by atoms with E-state index in [1.54, 1.807) is 25.3 Å². The van der Waals surface area contributed by atoms with E-state index in [-0.39, 0.29) is 24.1 Å². The fourth-order valence-corrected chi connectivity index (χ4v) is 2.67. The van der Waals surface area contributed by atoms with Gasteiger partial charge in [0.1, 0.15) is 12.4 Å². The minimum atomic E-state index is -0.479. The van der Waals surface area contributed by atoms with E-state index in [9.17, 15) is 18.8 Å². The molecular weight excluding hydrogens is 375 g/mol. The first-order valence-corrected chi connectivity index (χ1v) is 8.90. The van der Waals surface area contributed by atoms with E-state index in [1.807, 2.05) is 6.07 Å². The largest absolute Gasteiger partial charge is 0.346 e. The summed E-state index contributed by atoms with van der Waals surface area (Å²) in [5, 5.41) is 5.38. The van der Waals surface area contributed by atoms with E-state index < -0.39 is 17.3 Å². The summed E-state index contributed by atoms with van der Waals surface area (Å²) in [7, 11) is 0. The fraction of sp³-hybridized carbons (Fsp3) is 0.143. The molecule has 2 amide bonds. The third-order valence-electron chi connectivity index (χ3n) is 4.17. The predicted octanol–water partition coefficient (Wildman–Crippen LogP) is 2.51. The number of nitrogens with one attached hydrogen (secondary N) is 2. The predicted molar refractivity (Wildman–Crippen MR) is 106 cm³/mol. The number of hydrogen-bond donors (Lipinski definition) is 2. The Morgan fingerprint density at radius 1 is 1.10 bits per heavy atom. The van der Waals surface area contributed by atoms with Crippen molar-refractivity contribution in [2.24, 2.45) is 0 Å². The van der Waals surface area contributed by atoms with Crippen LogP contribution in [0.3, 0.4) is 0 Å². The van der Waals surface area contributed by atoms with Gasteiger partial charge in [0.05, 0.1) is 17.3 Å². The SMILES string of the molecule is CC(NC(=O)Cn1cc(C(=O)Nc2ccc(F)cc2)ccc1=O)c1ccccn1. The molecule has 2 heterocycles. The zero-order chi connectivity index (χ0) is 20.8. The van der Waals surface area contributed by atoms with Gasteiger partial charge < -0.3 is 15.2 Å². The number of carbonyl (C=O) groups is 2. The molecule has 8 heteroatoms. The minimum Gasteiger partial charge on any atom is -0.346 e. The van der Waals surface area contributed by atoms with E-state index in [1.165, 1.54) is 42.6 Å². The maximum Gasteiger partial charge on any atom is 0.257 e. The Morgan fingerprint density at radius 2 is 1.86 bits per heavy atom. The Hall–Kier alpha value is -3.81. The van der Waals surface area contributed by atoms with Crippen LogP contribution >= 0.6 is 0 Å². The molecule has 0 aliphatic rings. The Kier molecular flexibility index (Phi) is 6.13. The second-order valence-corrected chi connectivity index (χ2v) is 6.39. The second kappa shape index (κ2) is 8.92. The molecular formula is C21H19FN4O3. The van der Waals surface area contributed by atoms with Crippen LogP contribution in [0.4, 0.5) is 10.1 Å². The first-order valence-electron chi connectivity index (χ1n) is 8.90. The molecule has 1 unspecified atom stereocenters. The fourth-order valence-electron chi connectivity index (χ4n) is 2.67. The van der Waals surface area contributed by atoms with E-state index in [0.717, 1.165) is 4.57 Å². The summed E-state index contributed by atoms with van der Waals surface area (Å²) in [4.78, 5) is 41.0. The number of carbonyl (C=O) groups excluding carboxylic acids is 2. The van der Waals surface area contributed by atoms with Crippen molar-refractivity contribution in [2.45, 2.75) is 19.5 Å². The van der Waals surface area contributed by atoms with Crippen molar-refractivity contribution < 1.29 is 14.0 Å². The summed E-state index contributed by atoms with van der Waals surface area (Å²) in [5.74, 6) is -1.28. The highest BCUT2D eigenvalue weighted by Gasteiger charge is 2.13. The van der Waals surface area contributed by atoms with E-state index in [4.69, 9.17) is 0 Å². The molecule has 1 aromatic carbocycles. The number of benzene rings is 1. The average Bonchev–Trinajstić information content (AvgIpc) is 2.72. The maximum atomic E-state index is 13.0. The molecule has 0 radical (unpaired) electrons. The van der Waals surface area contributed by atoms with Crippen molar-refractivity contribution in [2.75, 3.05) is 5.32 Å². The summed E-state index contributed by atoms with van der Waals surface area (Å²) in [6, 6.07) is 12.9. The molecule has 0 aliphatic carbocycles. The Bertz CT molecular complexity index is 1070. The van der Waals surface area contributed by atoms with Gasteiger partial charge in [0, 0.05) is 24.1 Å². The van der Waals surface area contributed by atoms with Crippen molar-refractivity contribution in [1.82, 2.24) is 14.9 Å². The van der Waals surface area contributed by atoms with Crippen molar-refractivity contribution in [1.29, 1.82) is 0 Å². The van der Waals surface area contributed by atoms with Crippen LogP contribution in [0.15, 0.2) is 71.8 Å². The van der Waals surface area contributed by atoms with Crippen molar-refractivity contribution in [3.63, 3.8) is 0 Å². The number of nitrogens with zero attached hydrogens (tertiary/aromatic N) is 2. The van der Waals surface area contributed by atoms with Gasteiger partial charge in [-0.3, -0.25) is 19.4 Å². The third kappa shape index (κ3) is 5.35. The lowest BCUT2D eigenvalue weighted by Crippen LogP contribution is -2.34. The van der Waals surface area contributed by atoms with Crippen molar-refractivity contribution in [3.8, 4) is 0 Å². The van der Waals surface area contributed by atoms with Gasteiger partial charge in [-0.05, 0) is 49.4 Å². The smallest absolute Gasteiger partial charge is 0.257 e. The maximum absolute atomic E-state index is 13.0. The molecule has 3 rings (SSSR count). The van der Waals surface area contributed by atoms with Crippen LogP contribution < -0.4 is 16.2 Å². The molecule has 148 valence electrons. The number of aromatic nitrogens is 2. The first-order chi connectivity index (χ1) is 13.9. The van der Waals surface area contributed by atoms with Crippen molar-refractivity contribution in [3.05, 3.63) is 94.4 Å². The number of hydrogen-bond acceptors (Lipinski definition) is 4. The second-order valence-electron chi connectivity index (χ2n) is 6.39. The molecule has 0 saturated heterocycles. The monoisotopic (exact) mass is 394 g/mol. The van der Waals surface area contributed by atoms with Gasteiger partial charge in [-0.2, -0.15) is 0 Å². The number of rotatable bonds is 6. The molecule has 0 bridgehead atoms. The quantitative estimate of drug-likeness (QED) is 0.672. The lowest BCUT2D eigenvalue weighted by Gasteiger charge is -2.14. The highest BCUT2D eigenvalue weighted by molar-refractivity contribution is 6.04. The Labute approximate surface area is 166 Å². The van der Waals surface area contributed by atoms with Gasteiger partial charge in [0.15, 0.2) is 0 Å². The zero-order valence-electron chi connectivity index (χ0n) is 15.6. The van der Waals surface area contributed by atoms with Gasteiger partial charge in [0.25, 0.3) is 11.5 Å². The van der Waals surface area contributed by atoms with E-state index in [2.05, 4.69) is 15.6 Å². The summed E-state index contributed by atoms with van der Waals surface area (Å²) < 4.78 is 14.1. The van der Waals surface area contributed by atoms with Gasteiger partial charge >= 0.3 is 0 Å². The lowest BCUT2D eigenvalue weighted by atomic mass is 10.2. The summed E-state index contributed by atoms with van der Waals surface area (Å²) in [6.07, 6.45) is 2.94. The van der Waals surface area contributed by atoms with Crippen LogP contribution in [0.5, 0.6) is 0 Å². The van der Waals surface area contributed by atoms with Gasteiger partial charge in [-0.1, -0.05) is 6.07 Å². The van der Waals surface area contributed by atoms with Crippen LogP contribution in [0.2, 0.25) is 0 Å². The topological polar surface area (TPSA) is 93.1 Å². The molecule has 3 aromatic rings. The normalized spacial score (nSPS) is 11.5. The number of pyridine rings is 2. The molecule has 0 fully saturated rings. The van der Waals surface area contributed by atoms with E-state index in [0.29, 0.717) is 11.4 Å². The molecule has 2 aromatic heterocycles. The molecule has 0 saturated carbocycles. The van der Waals surface area contributed by atoms with Crippen LogP contribution in [-0.4, -0.2) is 21.4 Å². The van der Waals surface area contributed by atoms with Crippen LogP contribution in [-0.2, 0) is 11.3 Å². The van der Waals surface area contributed by atoms with E-state index >= 15 is 0 Å².